The molecule has 0 saturated carbocycles. The van der Waals surface area contributed by atoms with Crippen molar-refractivity contribution in [1.82, 2.24) is 15.0 Å². The van der Waals surface area contributed by atoms with Crippen LogP contribution in [0.5, 0.6) is 5.75 Å². The molecule has 2 aromatic heterocycles. The molecule has 0 aliphatic heterocycles. The summed E-state index contributed by atoms with van der Waals surface area (Å²) < 4.78 is 10.6. The van der Waals surface area contributed by atoms with Crippen LogP contribution in [-0.2, 0) is 11.3 Å². The maximum atomic E-state index is 6.00. The van der Waals surface area contributed by atoms with E-state index in [1.54, 1.807) is 25.6 Å². The Morgan fingerprint density at radius 2 is 2.00 bits per heavy atom. The molecular formula is C14H16ClN3O2. The van der Waals surface area contributed by atoms with Crippen LogP contribution in [0.2, 0.25) is 5.15 Å². The Bertz CT molecular complexity index is 590. The van der Waals surface area contributed by atoms with Crippen molar-refractivity contribution in [3.8, 4) is 17.0 Å². The van der Waals surface area contributed by atoms with Gasteiger partial charge < -0.3 is 9.47 Å². The first kappa shape index (κ1) is 14.7. The summed E-state index contributed by atoms with van der Waals surface area (Å²) in [5.74, 6) is 1.23. The van der Waals surface area contributed by atoms with E-state index in [9.17, 15) is 0 Å². The monoisotopic (exact) mass is 293 g/mol. The zero-order chi connectivity index (χ0) is 14.5. The van der Waals surface area contributed by atoms with E-state index in [-0.39, 0.29) is 6.10 Å². The highest BCUT2D eigenvalue weighted by molar-refractivity contribution is 6.29. The molecule has 106 valence electrons. The molecule has 0 fully saturated rings. The number of methoxy groups -OCH3 is 1. The summed E-state index contributed by atoms with van der Waals surface area (Å²) in [4.78, 5) is 12.7. The molecule has 0 aromatic carbocycles. The smallest absolute Gasteiger partial charge is 0.156 e. The van der Waals surface area contributed by atoms with Gasteiger partial charge in [0.15, 0.2) is 5.82 Å². The van der Waals surface area contributed by atoms with E-state index in [2.05, 4.69) is 15.0 Å². The zero-order valence-electron chi connectivity index (χ0n) is 11.6. The number of hydrogen-bond donors (Lipinski definition) is 0. The highest BCUT2D eigenvalue weighted by Crippen LogP contribution is 2.23. The fraction of sp³-hybridized carbons (Fsp3) is 0.357. The molecule has 20 heavy (non-hydrogen) atoms. The van der Waals surface area contributed by atoms with E-state index in [4.69, 9.17) is 21.1 Å². The van der Waals surface area contributed by atoms with Crippen molar-refractivity contribution in [2.24, 2.45) is 0 Å². The number of ether oxygens (including phenoxy) is 2. The van der Waals surface area contributed by atoms with E-state index in [0.29, 0.717) is 29.0 Å². The van der Waals surface area contributed by atoms with Crippen LogP contribution in [0, 0.1) is 0 Å². The molecule has 0 saturated heterocycles. The summed E-state index contributed by atoms with van der Waals surface area (Å²) in [5.41, 5.74) is 1.52. The van der Waals surface area contributed by atoms with Crippen molar-refractivity contribution in [3.63, 3.8) is 0 Å². The van der Waals surface area contributed by atoms with Crippen LogP contribution < -0.4 is 4.74 Å². The van der Waals surface area contributed by atoms with Gasteiger partial charge in [-0.15, -0.1) is 0 Å². The fourth-order valence-corrected chi connectivity index (χ4v) is 1.90. The SMILES string of the molecule is COCc1nc(Cl)cc(-c2cncc(OC(C)C)c2)n1. The molecule has 0 bridgehead atoms. The van der Waals surface area contributed by atoms with Crippen molar-refractivity contribution in [2.75, 3.05) is 7.11 Å². The second-order valence-electron chi connectivity index (χ2n) is 4.50. The minimum absolute atomic E-state index is 0.0880. The van der Waals surface area contributed by atoms with Gasteiger partial charge in [0.05, 0.1) is 18.0 Å². The Hall–Kier alpha value is -1.72. The summed E-state index contributed by atoms with van der Waals surface area (Å²) >= 11 is 6.00. The maximum absolute atomic E-state index is 6.00. The third-order valence-corrected chi connectivity index (χ3v) is 2.59. The van der Waals surface area contributed by atoms with Crippen molar-refractivity contribution in [3.05, 3.63) is 35.5 Å². The molecule has 0 radical (unpaired) electrons. The Labute approximate surface area is 123 Å². The van der Waals surface area contributed by atoms with Crippen LogP contribution in [0.1, 0.15) is 19.7 Å². The Morgan fingerprint density at radius 3 is 2.70 bits per heavy atom. The lowest BCUT2D eigenvalue weighted by Crippen LogP contribution is -2.06. The average Bonchev–Trinajstić information content (AvgIpc) is 2.38. The number of pyridine rings is 1. The summed E-state index contributed by atoms with van der Waals surface area (Å²) in [6.45, 7) is 4.24. The number of rotatable bonds is 5. The largest absolute Gasteiger partial charge is 0.489 e. The molecule has 0 spiro atoms. The molecule has 0 unspecified atom stereocenters. The average molecular weight is 294 g/mol. The van der Waals surface area contributed by atoms with Gasteiger partial charge in [-0.25, -0.2) is 9.97 Å². The predicted octanol–water partition coefficient (Wildman–Crippen LogP) is 3.13. The van der Waals surface area contributed by atoms with E-state index >= 15 is 0 Å². The summed E-state index contributed by atoms with van der Waals surface area (Å²) in [5, 5.41) is 0.372. The number of aromatic nitrogens is 3. The second-order valence-corrected chi connectivity index (χ2v) is 4.89. The van der Waals surface area contributed by atoms with Gasteiger partial charge in [-0.3, -0.25) is 4.98 Å². The first-order chi connectivity index (χ1) is 9.58. The highest BCUT2D eigenvalue weighted by atomic mass is 35.5. The zero-order valence-corrected chi connectivity index (χ0v) is 12.4. The van der Waals surface area contributed by atoms with E-state index in [0.717, 1.165) is 5.56 Å². The Balaban J connectivity index is 2.35. The summed E-state index contributed by atoms with van der Waals surface area (Å²) in [6, 6.07) is 3.57. The molecule has 2 heterocycles. The topological polar surface area (TPSA) is 57.1 Å². The van der Waals surface area contributed by atoms with Crippen LogP contribution in [0.25, 0.3) is 11.3 Å². The molecule has 0 atom stereocenters. The molecular weight excluding hydrogens is 278 g/mol. The Kier molecular flexibility index (Phi) is 4.87. The first-order valence-corrected chi connectivity index (χ1v) is 6.60. The molecule has 0 aliphatic carbocycles. The van der Waals surface area contributed by atoms with E-state index in [1.807, 2.05) is 19.9 Å². The number of halogens is 1. The lowest BCUT2D eigenvalue weighted by Gasteiger charge is -2.10. The highest BCUT2D eigenvalue weighted by Gasteiger charge is 2.08. The van der Waals surface area contributed by atoms with Gasteiger partial charge >= 0.3 is 0 Å². The quantitative estimate of drug-likeness (QED) is 0.793. The standard InChI is InChI=1S/C14H16ClN3O2/c1-9(2)20-11-4-10(6-16-7-11)12-5-13(15)18-14(17-12)8-19-3/h4-7,9H,8H2,1-3H3. The lowest BCUT2D eigenvalue weighted by atomic mass is 10.2. The van der Waals surface area contributed by atoms with Gasteiger partial charge in [0.25, 0.3) is 0 Å². The minimum atomic E-state index is 0.0880. The molecule has 0 amide bonds. The van der Waals surface area contributed by atoms with Crippen LogP contribution in [0.3, 0.4) is 0 Å². The summed E-state index contributed by atoms with van der Waals surface area (Å²) in [7, 11) is 1.59. The molecule has 0 N–H and O–H groups in total. The van der Waals surface area contributed by atoms with Crippen molar-refractivity contribution in [1.29, 1.82) is 0 Å². The molecule has 2 rings (SSSR count). The van der Waals surface area contributed by atoms with Gasteiger partial charge in [0.2, 0.25) is 0 Å². The first-order valence-electron chi connectivity index (χ1n) is 6.23. The third-order valence-electron chi connectivity index (χ3n) is 2.40. The molecule has 5 nitrogen and oxygen atoms in total. The van der Waals surface area contributed by atoms with Crippen LogP contribution >= 0.6 is 11.6 Å². The molecule has 0 aliphatic rings. The normalized spacial score (nSPS) is 10.8. The van der Waals surface area contributed by atoms with Crippen LogP contribution in [0.15, 0.2) is 24.5 Å². The minimum Gasteiger partial charge on any atom is -0.489 e. The second kappa shape index (κ2) is 6.63. The van der Waals surface area contributed by atoms with Crippen LogP contribution in [-0.4, -0.2) is 28.2 Å². The Morgan fingerprint density at radius 1 is 1.20 bits per heavy atom. The summed E-state index contributed by atoms with van der Waals surface area (Å²) in [6.07, 6.45) is 3.47. The van der Waals surface area contributed by atoms with Gasteiger partial charge in [-0.05, 0) is 19.9 Å². The maximum Gasteiger partial charge on any atom is 0.156 e. The molecule has 6 heteroatoms. The molecule has 2 aromatic rings. The fourth-order valence-electron chi connectivity index (χ4n) is 1.70. The predicted molar refractivity (Wildman–Crippen MR) is 76.8 cm³/mol. The lowest BCUT2D eigenvalue weighted by molar-refractivity contribution is 0.178. The van der Waals surface area contributed by atoms with Gasteiger partial charge in [0.1, 0.15) is 17.5 Å². The van der Waals surface area contributed by atoms with Crippen LogP contribution in [0.4, 0.5) is 0 Å². The van der Waals surface area contributed by atoms with Gasteiger partial charge in [0, 0.05) is 24.9 Å². The van der Waals surface area contributed by atoms with Crippen molar-refractivity contribution >= 4 is 11.6 Å². The van der Waals surface area contributed by atoms with Crippen molar-refractivity contribution in [2.45, 2.75) is 26.6 Å². The van der Waals surface area contributed by atoms with E-state index < -0.39 is 0 Å². The van der Waals surface area contributed by atoms with Gasteiger partial charge in [-0.1, -0.05) is 11.6 Å². The number of hydrogen-bond acceptors (Lipinski definition) is 5. The van der Waals surface area contributed by atoms with Crippen molar-refractivity contribution < 1.29 is 9.47 Å². The van der Waals surface area contributed by atoms with E-state index in [1.165, 1.54) is 0 Å². The third kappa shape index (κ3) is 3.88. The van der Waals surface area contributed by atoms with Gasteiger partial charge in [-0.2, -0.15) is 0 Å². The number of nitrogens with zero attached hydrogens (tertiary/aromatic N) is 3.